The molecule has 4 heterocycles. The molecule has 4 aliphatic heterocycles. The van der Waals surface area contributed by atoms with Gasteiger partial charge in [-0.1, -0.05) is 13.3 Å². The zero-order valence-corrected chi connectivity index (χ0v) is 10.0. The van der Waals surface area contributed by atoms with Crippen LogP contribution in [0.25, 0.3) is 0 Å². The molecule has 4 nitrogen and oxygen atoms in total. The van der Waals surface area contributed by atoms with Gasteiger partial charge in [-0.25, -0.2) is 0 Å². The van der Waals surface area contributed by atoms with Gasteiger partial charge in [0.05, 0.1) is 0 Å². The summed E-state index contributed by atoms with van der Waals surface area (Å²) in [6, 6.07) is 0. The number of unbranched alkanes of at least 4 members (excludes halogenated alkanes) is 1. The first-order chi connectivity index (χ1) is 8.32. The zero-order chi connectivity index (χ0) is 11.2. The normalized spacial score (nSPS) is 65.1. The third-order valence-corrected chi connectivity index (χ3v) is 5.48. The summed E-state index contributed by atoms with van der Waals surface area (Å²) in [4.78, 5) is 0. The Bertz CT molecular complexity index is 366. The average molecular weight is 238 g/mol. The Kier molecular flexibility index (Phi) is 1.64. The Morgan fingerprint density at radius 2 is 1.88 bits per heavy atom. The summed E-state index contributed by atoms with van der Waals surface area (Å²) in [6.07, 6.45) is 4.38. The zero-order valence-electron chi connectivity index (χ0n) is 10.0. The molecular formula is C13H18O4. The van der Waals surface area contributed by atoms with Gasteiger partial charge in [-0.15, -0.1) is 0 Å². The molecule has 0 amide bonds. The molecule has 0 spiro atoms. The molecule has 0 unspecified atom stereocenters. The predicted octanol–water partition coefficient (Wildman–Crippen LogP) is 1.84. The fourth-order valence-corrected chi connectivity index (χ4v) is 4.93. The lowest BCUT2D eigenvalue weighted by Crippen LogP contribution is -2.41. The average Bonchev–Trinajstić information content (AvgIpc) is 2.95. The second-order valence-corrected chi connectivity index (χ2v) is 6.19. The van der Waals surface area contributed by atoms with Crippen molar-refractivity contribution in [2.75, 3.05) is 0 Å². The second kappa shape index (κ2) is 2.87. The molecule has 5 rings (SSSR count). The van der Waals surface area contributed by atoms with Gasteiger partial charge in [-0.3, -0.25) is 0 Å². The van der Waals surface area contributed by atoms with Gasteiger partial charge in [0.2, 0.25) is 0 Å². The minimum Gasteiger partial charge on any atom is -0.323 e. The highest BCUT2D eigenvalue weighted by Crippen LogP contribution is 2.69. The second-order valence-electron chi connectivity index (χ2n) is 6.19. The Hall–Kier alpha value is -0.160. The van der Waals surface area contributed by atoms with Crippen LogP contribution in [0.4, 0.5) is 0 Å². The molecule has 5 aliphatic rings. The standard InChI is InChI=1S/C13H18O4/c1-2-3-4-13-9-7-5-6-8(9)12(17-13)15-10(6)14-11(7)16-13/h6-12H,2-5H2,1H3/t6-,7+,8-,9+,10+,11-,12+,13-/m1/s1. The lowest BCUT2D eigenvalue weighted by Gasteiger charge is -2.35. The molecule has 8 atom stereocenters. The van der Waals surface area contributed by atoms with Gasteiger partial charge in [-0.05, 0) is 12.8 Å². The molecule has 5 fully saturated rings. The third-order valence-electron chi connectivity index (χ3n) is 5.48. The third kappa shape index (κ3) is 0.939. The molecule has 2 bridgehead atoms. The summed E-state index contributed by atoms with van der Waals surface area (Å²) < 4.78 is 24.2. The van der Waals surface area contributed by atoms with Gasteiger partial charge >= 0.3 is 0 Å². The minimum absolute atomic E-state index is 0.0549. The number of hydrogen-bond donors (Lipinski definition) is 0. The van der Waals surface area contributed by atoms with E-state index in [-0.39, 0.29) is 24.7 Å². The van der Waals surface area contributed by atoms with Crippen molar-refractivity contribution in [3.05, 3.63) is 0 Å². The van der Waals surface area contributed by atoms with Crippen molar-refractivity contribution in [1.29, 1.82) is 0 Å². The van der Waals surface area contributed by atoms with E-state index in [0.29, 0.717) is 23.7 Å². The van der Waals surface area contributed by atoms with Gasteiger partial charge in [0.25, 0.3) is 0 Å². The van der Waals surface area contributed by atoms with E-state index in [0.717, 1.165) is 12.8 Å². The van der Waals surface area contributed by atoms with Crippen LogP contribution in [-0.4, -0.2) is 24.7 Å². The quantitative estimate of drug-likeness (QED) is 0.751. The number of hydrogen-bond acceptors (Lipinski definition) is 4. The van der Waals surface area contributed by atoms with Crippen LogP contribution in [0, 0.1) is 23.7 Å². The maximum atomic E-state index is 6.18. The Morgan fingerprint density at radius 3 is 2.76 bits per heavy atom. The van der Waals surface area contributed by atoms with E-state index in [1.54, 1.807) is 0 Å². The minimum atomic E-state index is -0.374. The lowest BCUT2D eigenvalue weighted by molar-refractivity contribution is -0.382. The molecule has 0 radical (unpaired) electrons. The first-order valence-electron chi connectivity index (χ1n) is 6.99. The van der Waals surface area contributed by atoms with Crippen molar-refractivity contribution < 1.29 is 18.9 Å². The van der Waals surface area contributed by atoms with E-state index in [2.05, 4.69) is 6.92 Å². The van der Waals surface area contributed by atoms with E-state index in [1.165, 1.54) is 12.8 Å². The topological polar surface area (TPSA) is 36.9 Å². The number of ether oxygens (including phenoxy) is 4. The molecule has 4 saturated heterocycles. The van der Waals surface area contributed by atoms with Crippen LogP contribution in [0.2, 0.25) is 0 Å². The molecule has 17 heavy (non-hydrogen) atoms. The largest absolute Gasteiger partial charge is 0.323 e. The van der Waals surface area contributed by atoms with Crippen molar-refractivity contribution in [1.82, 2.24) is 0 Å². The maximum absolute atomic E-state index is 6.18. The van der Waals surface area contributed by atoms with Crippen LogP contribution in [0.3, 0.4) is 0 Å². The molecule has 4 heteroatoms. The van der Waals surface area contributed by atoms with Crippen molar-refractivity contribution in [3.63, 3.8) is 0 Å². The summed E-state index contributed by atoms with van der Waals surface area (Å²) in [5.74, 6) is 1.82. The fourth-order valence-electron chi connectivity index (χ4n) is 4.93. The smallest absolute Gasteiger partial charge is 0.178 e. The summed E-state index contributed by atoms with van der Waals surface area (Å²) in [5, 5.41) is 0. The van der Waals surface area contributed by atoms with Crippen LogP contribution >= 0.6 is 0 Å². The summed E-state index contributed by atoms with van der Waals surface area (Å²) in [5.41, 5.74) is 0. The van der Waals surface area contributed by atoms with Gasteiger partial charge < -0.3 is 18.9 Å². The van der Waals surface area contributed by atoms with Crippen LogP contribution < -0.4 is 0 Å². The number of rotatable bonds is 3. The predicted molar refractivity (Wildman–Crippen MR) is 56.5 cm³/mol. The molecule has 1 aliphatic carbocycles. The van der Waals surface area contributed by atoms with Crippen LogP contribution in [0.1, 0.15) is 32.6 Å². The monoisotopic (exact) mass is 238 g/mol. The highest BCUT2D eigenvalue weighted by atomic mass is 16.9. The van der Waals surface area contributed by atoms with E-state index in [1.807, 2.05) is 0 Å². The van der Waals surface area contributed by atoms with Crippen molar-refractivity contribution in [3.8, 4) is 0 Å². The van der Waals surface area contributed by atoms with Crippen LogP contribution in [0.15, 0.2) is 0 Å². The van der Waals surface area contributed by atoms with Crippen molar-refractivity contribution >= 4 is 0 Å². The molecule has 0 aromatic carbocycles. The van der Waals surface area contributed by atoms with Gasteiger partial charge in [0.15, 0.2) is 24.7 Å². The SMILES string of the molecule is CCCC[C@@]12O[C@H]3O[C@H]4O[C@@H](O1)[C@@H]1[C@H]4C[C@H]3[C@@H]12. The molecule has 94 valence electrons. The summed E-state index contributed by atoms with van der Waals surface area (Å²) in [7, 11) is 0. The van der Waals surface area contributed by atoms with Crippen molar-refractivity contribution in [2.24, 2.45) is 23.7 Å². The van der Waals surface area contributed by atoms with Crippen molar-refractivity contribution in [2.45, 2.75) is 57.3 Å². The highest BCUT2D eigenvalue weighted by molar-refractivity contribution is 5.13. The Morgan fingerprint density at radius 1 is 1.06 bits per heavy atom. The molecule has 0 aromatic rings. The fraction of sp³-hybridized carbons (Fsp3) is 1.00. The van der Waals surface area contributed by atoms with Gasteiger partial charge in [-0.2, -0.15) is 0 Å². The summed E-state index contributed by atoms with van der Waals surface area (Å²) in [6.45, 7) is 2.21. The molecular weight excluding hydrogens is 220 g/mol. The van der Waals surface area contributed by atoms with Gasteiger partial charge in [0, 0.05) is 30.1 Å². The Labute approximate surface area is 101 Å². The van der Waals surface area contributed by atoms with E-state index in [9.17, 15) is 0 Å². The lowest BCUT2D eigenvalue weighted by atomic mass is 9.84. The van der Waals surface area contributed by atoms with Crippen LogP contribution in [0.5, 0.6) is 0 Å². The van der Waals surface area contributed by atoms with E-state index in [4.69, 9.17) is 18.9 Å². The molecule has 1 saturated carbocycles. The highest BCUT2D eigenvalue weighted by Gasteiger charge is 2.77. The Balaban J connectivity index is 1.58. The van der Waals surface area contributed by atoms with Crippen LogP contribution in [-0.2, 0) is 18.9 Å². The summed E-state index contributed by atoms with van der Waals surface area (Å²) >= 11 is 0. The first-order valence-corrected chi connectivity index (χ1v) is 6.99. The van der Waals surface area contributed by atoms with Gasteiger partial charge in [0.1, 0.15) is 0 Å². The molecule has 0 N–H and O–H groups in total. The van der Waals surface area contributed by atoms with E-state index < -0.39 is 0 Å². The molecule has 0 aromatic heterocycles. The maximum Gasteiger partial charge on any atom is 0.178 e. The first kappa shape index (κ1) is 9.73. The van der Waals surface area contributed by atoms with E-state index >= 15 is 0 Å².